The molecule has 4 nitrogen and oxygen atoms in total. The Bertz CT molecular complexity index is 701. The van der Waals surface area contributed by atoms with Gasteiger partial charge >= 0.3 is 0 Å². The summed E-state index contributed by atoms with van der Waals surface area (Å²) in [4.78, 5) is 10.9. The van der Waals surface area contributed by atoms with Gasteiger partial charge in [-0.25, -0.2) is 9.97 Å². The second kappa shape index (κ2) is 3.78. The lowest BCUT2D eigenvalue weighted by Gasteiger charge is -1.97. The van der Waals surface area contributed by atoms with Gasteiger partial charge in [0, 0.05) is 23.5 Å². The Labute approximate surface area is 107 Å². The predicted molar refractivity (Wildman–Crippen MR) is 69.4 cm³/mol. The van der Waals surface area contributed by atoms with Gasteiger partial charge in [-0.05, 0) is 13.0 Å². The number of fused-ring (bicyclic) bond motifs is 1. The van der Waals surface area contributed by atoms with Crippen molar-refractivity contribution in [2.75, 3.05) is 0 Å². The van der Waals surface area contributed by atoms with Gasteiger partial charge in [0.1, 0.15) is 9.98 Å². The van der Waals surface area contributed by atoms with E-state index in [1.807, 2.05) is 26.2 Å². The van der Waals surface area contributed by atoms with Crippen LogP contribution in [-0.4, -0.2) is 19.7 Å². The van der Waals surface area contributed by atoms with E-state index in [1.54, 1.807) is 22.2 Å². The smallest absolute Gasteiger partial charge is 0.165 e. The van der Waals surface area contributed by atoms with Crippen LogP contribution < -0.4 is 0 Å². The van der Waals surface area contributed by atoms with Crippen LogP contribution >= 0.6 is 22.9 Å². The second-order valence-corrected chi connectivity index (χ2v) is 5.41. The van der Waals surface area contributed by atoms with Crippen molar-refractivity contribution in [2.45, 2.75) is 6.92 Å². The molecule has 0 aliphatic heterocycles. The Morgan fingerprint density at radius 2 is 2.18 bits per heavy atom. The number of aromatic nitrogens is 4. The molecule has 0 N–H and O–H groups in total. The Kier molecular flexibility index (Phi) is 2.38. The highest BCUT2D eigenvalue weighted by Gasteiger charge is 2.11. The number of hydrogen-bond acceptors (Lipinski definition) is 4. The lowest BCUT2D eigenvalue weighted by atomic mass is 10.3. The second-order valence-electron chi connectivity index (χ2n) is 3.82. The van der Waals surface area contributed by atoms with E-state index >= 15 is 0 Å². The number of rotatable bonds is 1. The van der Waals surface area contributed by atoms with Crippen molar-refractivity contribution in [1.82, 2.24) is 19.7 Å². The molecule has 3 aromatic rings. The van der Waals surface area contributed by atoms with Crippen LogP contribution in [0.5, 0.6) is 0 Å². The Balaban J connectivity index is 2.24. The van der Waals surface area contributed by atoms with Gasteiger partial charge in [0.15, 0.2) is 5.82 Å². The molecule has 3 aromatic heterocycles. The highest BCUT2D eigenvalue weighted by Crippen LogP contribution is 2.30. The quantitative estimate of drug-likeness (QED) is 0.635. The van der Waals surface area contributed by atoms with Gasteiger partial charge in [0.05, 0.1) is 11.8 Å². The van der Waals surface area contributed by atoms with Gasteiger partial charge in [-0.1, -0.05) is 11.6 Å². The topological polar surface area (TPSA) is 43.6 Å². The van der Waals surface area contributed by atoms with Gasteiger partial charge < -0.3 is 0 Å². The van der Waals surface area contributed by atoms with Crippen molar-refractivity contribution in [2.24, 2.45) is 7.05 Å². The minimum Gasteiger partial charge on any atom is -0.275 e. The summed E-state index contributed by atoms with van der Waals surface area (Å²) in [6.07, 6.45) is 3.61. The van der Waals surface area contributed by atoms with Crippen LogP contribution in [0.3, 0.4) is 0 Å². The van der Waals surface area contributed by atoms with E-state index in [1.165, 1.54) is 4.88 Å². The van der Waals surface area contributed by atoms with Crippen LogP contribution in [0.25, 0.3) is 21.6 Å². The fourth-order valence-electron chi connectivity index (χ4n) is 1.67. The minimum atomic E-state index is 0.498. The van der Waals surface area contributed by atoms with Crippen molar-refractivity contribution in [3.8, 4) is 11.4 Å². The summed E-state index contributed by atoms with van der Waals surface area (Å²) in [7, 11) is 1.86. The molecule has 0 unspecified atom stereocenters. The first-order valence-electron chi connectivity index (χ1n) is 5.06. The first-order chi connectivity index (χ1) is 8.13. The fourth-order valence-corrected chi connectivity index (χ4v) is 2.83. The van der Waals surface area contributed by atoms with Gasteiger partial charge in [0.25, 0.3) is 0 Å². The van der Waals surface area contributed by atoms with Crippen molar-refractivity contribution >= 4 is 33.2 Å². The van der Waals surface area contributed by atoms with Crippen molar-refractivity contribution in [3.63, 3.8) is 0 Å². The monoisotopic (exact) mass is 264 g/mol. The first kappa shape index (κ1) is 10.7. The standard InChI is InChI=1S/C11H9ClN4S/c1-6-3-8-9(12)14-10(15-11(8)17-6)7-4-13-16(2)5-7/h3-5H,1-2H3. The van der Waals surface area contributed by atoms with Gasteiger partial charge in [-0.2, -0.15) is 5.10 Å². The molecule has 0 amide bonds. The average Bonchev–Trinajstić information content (AvgIpc) is 2.83. The van der Waals surface area contributed by atoms with Gasteiger partial charge in [0.2, 0.25) is 0 Å². The van der Waals surface area contributed by atoms with E-state index in [-0.39, 0.29) is 0 Å². The zero-order valence-corrected chi connectivity index (χ0v) is 10.9. The van der Waals surface area contributed by atoms with E-state index in [4.69, 9.17) is 11.6 Å². The summed E-state index contributed by atoms with van der Waals surface area (Å²) in [5.74, 6) is 0.623. The van der Waals surface area contributed by atoms with E-state index in [9.17, 15) is 0 Å². The normalized spacial score (nSPS) is 11.2. The molecular weight excluding hydrogens is 256 g/mol. The highest BCUT2D eigenvalue weighted by atomic mass is 35.5. The summed E-state index contributed by atoms with van der Waals surface area (Å²) in [6, 6.07) is 2.01. The molecule has 17 heavy (non-hydrogen) atoms. The Morgan fingerprint density at radius 1 is 1.35 bits per heavy atom. The molecule has 0 atom stereocenters. The molecule has 0 aromatic carbocycles. The van der Waals surface area contributed by atoms with E-state index in [2.05, 4.69) is 15.1 Å². The Hall–Kier alpha value is -1.46. The van der Waals surface area contributed by atoms with Gasteiger partial charge in [-0.3, -0.25) is 4.68 Å². The summed E-state index contributed by atoms with van der Waals surface area (Å²) < 4.78 is 1.72. The summed E-state index contributed by atoms with van der Waals surface area (Å²) in [6.45, 7) is 2.03. The maximum Gasteiger partial charge on any atom is 0.165 e. The average molecular weight is 265 g/mol. The molecule has 3 rings (SSSR count). The van der Waals surface area contributed by atoms with E-state index in [0.29, 0.717) is 11.0 Å². The molecule has 86 valence electrons. The SMILES string of the molecule is Cc1cc2c(Cl)nc(-c3cnn(C)c3)nc2s1. The van der Waals surface area contributed by atoms with Gasteiger partial charge in [-0.15, -0.1) is 11.3 Å². The number of halogens is 1. The van der Waals surface area contributed by atoms with Crippen molar-refractivity contribution in [3.05, 3.63) is 28.5 Å². The number of thiophene rings is 1. The molecule has 0 bridgehead atoms. The van der Waals surface area contributed by atoms with E-state index in [0.717, 1.165) is 15.8 Å². The molecule has 0 aliphatic carbocycles. The van der Waals surface area contributed by atoms with Crippen LogP contribution in [0, 0.1) is 6.92 Å². The Morgan fingerprint density at radius 3 is 2.88 bits per heavy atom. The lowest BCUT2D eigenvalue weighted by Crippen LogP contribution is -1.88. The van der Waals surface area contributed by atoms with Crippen molar-refractivity contribution < 1.29 is 0 Å². The summed E-state index contributed by atoms with van der Waals surface area (Å²) in [5, 5.41) is 5.52. The van der Waals surface area contributed by atoms with Crippen LogP contribution in [0.15, 0.2) is 18.5 Å². The van der Waals surface area contributed by atoms with Crippen LogP contribution in [0.1, 0.15) is 4.88 Å². The van der Waals surface area contributed by atoms with Crippen molar-refractivity contribution in [1.29, 1.82) is 0 Å². The summed E-state index contributed by atoms with van der Waals surface area (Å²) >= 11 is 7.78. The number of hydrogen-bond donors (Lipinski definition) is 0. The zero-order valence-electron chi connectivity index (χ0n) is 9.31. The molecule has 0 saturated heterocycles. The predicted octanol–water partition coefficient (Wildman–Crippen LogP) is 3.05. The molecular formula is C11H9ClN4S. The molecule has 6 heteroatoms. The number of nitrogens with zero attached hydrogens (tertiary/aromatic N) is 4. The van der Waals surface area contributed by atoms with Crippen LogP contribution in [0.2, 0.25) is 5.15 Å². The van der Waals surface area contributed by atoms with E-state index < -0.39 is 0 Å². The first-order valence-corrected chi connectivity index (χ1v) is 6.25. The third kappa shape index (κ3) is 1.81. The molecule has 3 heterocycles. The zero-order chi connectivity index (χ0) is 12.0. The van der Waals surface area contributed by atoms with Crippen LogP contribution in [-0.2, 0) is 7.05 Å². The third-order valence-electron chi connectivity index (χ3n) is 2.43. The maximum absolute atomic E-state index is 6.16. The number of aryl methyl sites for hydroxylation is 2. The molecule has 0 spiro atoms. The van der Waals surface area contributed by atoms with Crippen LogP contribution in [0.4, 0.5) is 0 Å². The maximum atomic E-state index is 6.16. The fraction of sp³-hybridized carbons (Fsp3) is 0.182. The molecule has 0 saturated carbocycles. The third-order valence-corrected chi connectivity index (χ3v) is 3.66. The summed E-state index contributed by atoms with van der Waals surface area (Å²) in [5.41, 5.74) is 0.877. The minimum absolute atomic E-state index is 0.498. The molecule has 0 fully saturated rings. The highest BCUT2D eigenvalue weighted by molar-refractivity contribution is 7.18. The molecule has 0 radical (unpaired) electrons. The largest absolute Gasteiger partial charge is 0.275 e. The molecule has 0 aliphatic rings. The lowest BCUT2D eigenvalue weighted by molar-refractivity contribution is 0.768.